The van der Waals surface area contributed by atoms with Crippen molar-refractivity contribution in [2.75, 3.05) is 13.1 Å². The number of amides is 1. The molecule has 3 aliphatic heterocycles. The number of fused-ring (bicyclic) bond motifs is 1. The minimum Gasteiger partial charge on any atom is -0.350 e. The Morgan fingerprint density at radius 2 is 1.68 bits per heavy atom. The van der Waals surface area contributed by atoms with Crippen LogP contribution in [0, 0.1) is 13.8 Å². The molecule has 1 fully saturated rings. The van der Waals surface area contributed by atoms with Crippen LogP contribution in [0.1, 0.15) is 24.0 Å². The van der Waals surface area contributed by atoms with Crippen LogP contribution >= 0.6 is 0 Å². The average Bonchev–Trinajstić information content (AvgIpc) is 3.38. The van der Waals surface area contributed by atoms with Crippen LogP contribution < -0.4 is 0 Å². The van der Waals surface area contributed by atoms with Gasteiger partial charge >= 0.3 is 0 Å². The van der Waals surface area contributed by atoms with Gasteiger partial charge in [0.1, 0.15) is 5.69 Å². The molecule has 0 N–H and O–H groups in total. The number of rotatable bonds is 5. The quantitative estimate of drug-likeness (QED) is 0.467. The summed E-state index contributed by atoms with van der Waals surface area (Å²) in [6.07, 6.45) is 5.71. The van der Waals surface area contributed by atoms with Gasteiger partial charge in [0.25, 0.3) is 0 Å². The van der Waals surface area contributed by atoms with Crippen molar-refractivity contribution in [2.45, 2.75) is 33.2 Å². The third kappa shape index (κ3) is 3.96. The molecule has 0 aromatic heterocycles. The van der Waals surface area contributed by atoms with Crippen LogP contribution in [0.4, 0.5) is 0 Å². The van der Waals surface area contributed by atoms with E-state index in [1.54, 1.807) is 0 Å². The molecule has 0 saturated carbocycles. The van der Waals surface area contributed by atoms with E-state index in [0.29, 0.717) is 6.42 Å². The number of aromatic nitrogens is 3. The van der Waals surface area contributed by atoms with Gasteiger partial charge < -0.3 is 9.47 Å². The normalized spacial score (nSPS) is 14.0. The molecule has 0 spiro atoms. The van der Waals surface area contributed by atoms with E-state index >= 15 is 0 Å². The van der Waals surface area contributed by atoms with Crippen molar-refractivity contribution in [3.8, 4) is 33.9 Å². The van der Waals surface area contributed by atoms with Gasteiger partial charge in [-0.25, -0.2) is 9.97 Å². The smallest absolute Gasteiger partial charge is 0.222 e. The number of imidazole rings is 1. The first kappa shape index (κ1) is 19.5. The van der Waals surface area contributed by atoms with Crippen LogP contribution in [0.5, 0.6) is 0 Å². The van der Waals surface area contributed by atoms with E-state index in [1.807, 2.05) is 23.4 Å². The lowest BCUT2D eigenvalue weighted by molar-refractivity contribution is -0.127. The Morgan fingerprint density at radius 3 is 2.42 bits per heavy atom. The molecule has 2 aromatic carbocycles. The Bertz CT molecular complexity index is 1210. The monoisotopic (exact) mass is 410 g/mol. The first-order chi connectivity index (χ1) is 15.1. The predicted molar refractivity (Wildman–Crippen MR) is 123 cm³/mol. The van der Waals surface area contributed by atoms with Gasteiger partial charge in [-0.05, 0) is 43.0 Å². The van der Waals surface area contributed by atoms with E-state index < -0.39 is 0 Å². The number of likely N-dealkylation sites (tertiary alicyclic amines) is 1. The van der Waals surface area contributed by atoms with Gasteiger partial charge in [-0.3, -0.25) is 4.79 Å². The molecular weight excluding hydrogens is 384 g/mol. The lowest BCUT2D eigenvalue weighted by atomic mass is 9.99. The van der Waals surface area contributed by atoms with E-state index in [2.05, 4.69) is 60.9 Å². The lowest BCUT2D eigenvalue weighted by Gasteiger charge is -2.16. The van der Waals surface area contributed by atoms with Crippen LogP contribution in [0.25, 0.3) is 33.9 Å². The number of carbonyl (C=O) groups is 1. The summed E-state index contributed by atoms with van der Waals surface area (Å²) in [7, 11) is 0. The third-order valence-electron chi connectivity index (χ3n) is 6.08. The molecule has 0 atom stereocenters. The zero-order valence-electron chi connectivity index (χ0n) is 18.0. The van der Waals surface area contributed by atoms with Crippen LogP contribution in [-0.2, 0) is 11.3 Å². The summed E-state index contributed by atoms with van der Waals surface area (Å²) < 4.78 is 2.10. The Morgan fingerprint density at radius 1 is 0.903 bits per heavy atom. The number of aryl methyl sites for hydroxylation is 2. The minimum absolute atomic E-state index is 0.265. The van der Waals surface area contributed by atoms with Crippen LogP contribution in [0.2, 0.25) is 0 Å². The van der Waals surface area contributed by atoms with Crippen molar-refractivity contribution in [1.82, 2.24) is 19.4 Å². The summed E-state index contributed by atoms with van der Waals surface area (Å²) in [5.41, 5.74) is 7.67. The second kappa shape index (κ2) is 7.99. The van der Waals surface area contributed by atoms with Gasteiger partial charge in [0.15, 0.2) is 5.82 Å². The largest absolute Gasteiger partial charge is 0.350 e. The Kier molecular flexibility index (Phi) is 5.02. The van der Waals surface area contributed by atoms with Gasteiger partial charge in [0, 0.05) is 44.0 Å². The predicted octanol–water partition coefficient (Wildman–Crippen LogP) is 4.96. The molecule has 5 rings (SSSR count). The fraction of sp³-hybridized carbons (Fsp3) is 0.269. The lowest BCUT2D eigenvalue weighted by Crippen LogP contribution is -2.28. The molecule has 1 saturated heterocycles. The SMILES string of the molecule is Cc1ccc(-c2ccc(-c3nc4ccn(CCN5CCCC5=O)cc-4n3)c(C)c2)cc1. The summed E-state index contributed by atoms with van der Waals surface area (Å²) >= 11 is 0. The van der Waals surface area contributed by atoms with Crippen LogP contribution in [0.15, 0.2) is 60.9 Å². The fourth-order valence-electron chi connectivity index (χ4n) is 4.23. The molecular formula is C26H26N4O. The number of benzene rings is 2. The Balaban J connectivity index is 1.38. The third-order valence-corrected chi connectivity index (χ3v) is 6.08. The van der Waals surface area contributed by atoms with Crippen molar-refractivity contribution in [3.63, 3.8) is 0 Å². The number of hydrogen-bond acceptors (Lipinski definition) is 3. The molecule has 3 heterocycles. The highest BCUT2D eigenvalue weighted by atomic mass is 16.2. The average molecular weight is 411 g/mol. The zero-order chi connectivity index (χ0) is 21.4. The Labute approximate surface area is 182 Å². The summed E-state index contributed by atoms with van der Waals surface area (Å²) in [5.74, 6) is 1.03. The number of carbonyl (C=O) groups excluding carboxylic acids is 1. The molecule has 0 bridgehead atoms. The highest BCUT2D eigenvalue weighted by Crippen LogP contribution is 2.30. The zero-order valence-corrected chi connectivity index (χ0v) is 18.0. The van der Waals surface area contributed by atoms with E-state index in [-0.39, 0.29) is 5.91 Å². The maximum atomic E-state index is 11.8. The molecule has 0 aliphatic carbocycles. The van der Waals surface area contributed by atoms with Crippen molar-refractivity contribution in [1.29, 1.82) is 0 Å². The molecule has 1 amide bonds. The summed E-state index contributed by atoms with van der Waals surface area (Å²) in [6.45, 7) is 6.61. The van der Waals surface area contributed by atoms with Gasteiger partial charge in [0.2, 0.25) is 5.91 Å². The first-order valence-electron chi connectivity index (χ1n) is 10.9. The number of hydrogen-bond donors (Lipinski definition) is 0. The maximum Gasteiger partial charge on any atom is 0.222 e. The van der Waals surface area contributed by atoms with E-state index in [4.69, 9.17) is 9.97 Å². The molecule has 5 heteroatoms. The first-order valence-corrected chi connectivity index (χ1v) is 10.9. The van der Waals surface area contributed by atoms with Crippen molar-refractivity contribution < 1.29 is 4.79 Å². The van der Waals surface area contributed by atoms with Gasteiger partial charge in [-0.2, -0.15) is 0 Å². The highest BCUT2D eigenvalue weighted by molar-refractivity contribution is 5.78. The van der Waals surface area contributed by atoms with Crippen molar-refractivity contribution >= 4 is 5.91 Å². The summed E-state index contributed by atoms with van der Waals surface area (Å²) in [6, 6.07) is 17.1. The molecule has 156 valence electrons. The van der Waals surface area contributed by atoms with Gasteiger partial charge in [0.05, 0.1) is 5.69 Å². The molecule has 5 nitrogen and oxygen atoms in total. The van der Waals surface area contributed by atoms with Crippen molar-refractivity contribution in [3.05, 3.63) is 72.1 Å². The Hall–Kier alpha value is -3.47. The van der Waals surface area contributed by atoms with E-state index in [1.165, 1.54) is 16.7 Å². The van der Waals surface area contributed by atoms with Gasteiger partial charge in [-0.1, -0.05) is 48.0 Å². The van der Waals surface area contributed by atoms with Crippen LogP contribution in [-0.4, -0.2) is 38.4 Å². The summed E-state index contributed by atoms with van der Waals surface area (Å²) in [5, 5.41) is 0. The fourth-order valence-corrected chi connectivity index (χ4v) is 4.23. The molecule has 31 heavy (non-hydrogen) atoms. The maximum absolute atomic E-state index is 11.8. The molecule has 0 radical (unpaired) electrons. The highest BCUT2D eigenvalue weighted by Gasteiger charge is 2.20. The van der Waals surface area contributed by atoms with E-state index in [9.17, 15) is 4.79 Å². The van der Waals surface area contributed by atoms with E-state index in [0.717, 1.165) is 54.4 Å². The molecule has 3 aliphatic rings. The molecule has 2 aromatic rings. The number of pyridine rings is 1. The van der Waals surface area contributed by atoms with Crippen LogP contribution in [0.3, 0.4) is 0 Å². The second-order valence-corrected chi connectivity index (χ2v) is 8.38. The topological polar surface area (TPSA) is 51.0 Å². The van der Waals surface area contributed by atoms with Gasteiger partial charge in [-0.15, -0.1) is 0 Å². The van der Waals surface area contributed by atoms with Crippen molar-refractivity contribution in [2.24, 2.45) is 0 Å². The summed E-state index contributed by atoms with van der Waals surface area (Å²) in [4.78, 5) is 23.3. The minimum atomic E-state index is 0.265. The standard InChI is InChI=1S/C26H26N4O/c1-18-5-7-20(8-6-18)21-9-10-22(19(2)16-21)26-27-23-11-13-29(17-24(23)28-26)14-15-30-12-3-4-25(30)31/h5-11,13,16-17H,3-4,12,14-15H2,1-2H3. The molecule has 0 unspecified atom stereocenters. The second-order valence-electron chi connectivity index (χ2n) is 8.38. The number of nitrogens with zero attached hydrogens (tertiary/aromatic N) is 4.